The van der Waals surface area contributed by atoms with Crippen molar-refractivity contribution >= 4 is 23.6 Å². The lowest BCUT2D eigenvalue weighted by Crippen LogP contribution is -2.38. The Kier molecular flexibility index (Phi) is 7.60. The number of hydrogen-bond acceptors (Lipinski definition) is 8. The Labute approximate surface area is 241 Å². The fraction of sp³-hybridized carbons (Fsp3) is 0.448. The lowest BCUT2D eigenvalue weighted by Gasteiger charge is -2.27. The molecule has 5 rings (SSSR count). The van der Waals surface area contributed by atoms with Crippen molar-refractivity contribution < 1.29 is 28.7 Å². The summed E-state index contributed by atoms with van der Waals surface area (Å²) in [5, 5.41) is 26.1. The van der Waals surface area contributed by atoms with Gasteiger partial charge in [0.1, 0.15) is 23.3 Å². The average molecular weight is 581 g/mol. The van der Waals surface area contributed by atoms with Crippen LogP contribution < -0.4 is 4.90 Å². The van der Waals surface area contributed by atoms with Crippen molar-refractivity contribution in [1.29, 1.82) is 0 Å². The van der Waals surface area contributed by atoms with Crippen LogP contribution in [0.4, 0.5) is 20.7 Å². The smallest absolute Gasteiger partial charge is 0.410 e. The normalized spacial score (nSPS) is 16.9. The minimum Gasteiger partial charge on any atom is -0.478 e. The molecule has 1 aromatic carbocycles. The van der Waals surface area contributed by atoms with Gasteiger partial charge in [0.15, 0.2) is 0 Å². The number of carbonyl (C=O) groups is 2. The van der Waals surface area contributed by atoms with E-state index in [-0.39, 0.29) is 29.7 Å². The number of hydrogen-bond donors (Lipinski definition) is 1. The van der Waals surface area contributed by atoms with Gasteiger partial charge in [-0.25, -0.2) is 14.0 Å². The molecule has 1 atom stereocenters. The molecule has 3 heterocycles. The molecule has 1 saturated carbocycles. The molecule has 222 valence electrons. The molecule has 2 aromatic heterocycles. The molecule has 42 heavy (non-hydrogen) atoms. The number of nitrogens with zero attached hydrogens (tertiary/aromatic N) is 6. The van der Waals surface area contributed by atoms with Crippen molar-refractivity contribution in [3.05, 3.63) is 69.4 Å². The third-order valence-corrected chi connectivity index (χ3v) is 7.29. The van der Waals surface area contributed by atoms with Gasteiger partial charge in [0.05, 0.1) is 23.8 Å². The SMILES string of the molecule is Cn1cc(-c2cnc([N+](=O)[O-])c(N3CCC[C@@H]3c3cc(F)cc(C(=O)O)c3)c2)c(CN(C(=O)OC(C)(C)C)C2CC2)n1. The number of carbonyl (C=O) groups excluding carboxylic acids is 1. The molecule has 1 amide bonds. The van der Waals surface area contributed by atoms with Crippen LogP contribution in [0.5, 0.6) is 0 Å². The molecule has 13 heteroatoms. The van der Waals surface area contributed by atoms with Crippen LogP contribution >= 0.6 is 0 Å². The number of aromatic nitrogens is 3. The monoisotopic (exact) mass is 580 g/mol. The zero-order chi connectivity index (χ0) is 30.3. The van der Waals surface area contributed by atoms with Gasteiger partial charge in [-0.15, -0.1) is 0 Å². The van der Waals surface area contributed by atoms with E-state index in [1.807, 2.05) is 20.8 Å². The van der Waals surface area contributed by atoms with Crippen LogP contribution in [0.15, 0.2) is 36.7 Å². The summed E-state index contributed by atoms with van der Waals surface area (Å²) >= 11 is 0. The van der Waals surface area contributed by atoms with Crippen LogP contribution in [-0.4, -0.2) is 59.9 Å². The maximum absolute atomic E-state index is 14.4. The molecule has 0 radical (unpaired) electrons. The molecule has 2 aliphatic rings. The summed E-state index contributed by atoms with van der Waals surface area (Å²) in [5.41, 5.74) is 1.62. The number of carboxylic acid groups (broad SMARTS) is 1. The van der Waals surface area contributed by atoms with Crippen LogP contribution in [0.25, 0.3) is 11.1 Å². The topological polar surface area (TPSA) is 144 Å². The molecule has 1 N–H and O–H groups in total. The Hall–Kier alpha value is -4.55. The molecule has 3 aromatic rings. The summed E-state index contributed by atoms with van der Waals surface area (Å²) in [5.74, 6) is -2.31. The van der Waals surface area contributed by atoms with E-state index in [2.05, 4.69) is 10.1 Å². The van der Waals surface area contributed by atoms with E-state index in [1.54, 1.807) is 33.8 Å². The Balaban J connectivity index is 1.52. The van der Waals surface area contributed by atoms with Crippen LogP contribution in [0.2, 0.25) is 0 Å². The third-order valence-electron chi connectivity index (χ3n) is 7.29. The molecule has 0 bridgehead atoms. The summed E-state index contributed by atoms with van der Waals surface area (Å²) in [7, 11) is 1.75. The zero-order valence-corrected chi connectivity index (χ0v) is 23.9. The number of benzene rings is 1. The van der Waals surface area contributed by atoms with Gasteiger partial charge in [-0.2, -0.15) is 5.10 Å². The Bertz CT molecular complexity index is 1550. The minimum absolute atomic E-state index is 0.0487. The number of anilines is 1. The van der Waals surface area contributed by atoms with Gasteiger partial charge in [0.2, 0.25) is 0 Å². The summed E-state index contributed by atoms with van der Waals surface area (Å²) in [4.78, 5) is 43.7. The molecule has 0 unspecified atom stereocenters. The van der Waals surface area contributed by atoms with E-state index in [0.29, 0.717) is 41.8 Å². The molecule has 1 aliphatic carbocycles. The fourth-order valence-electron chi connectivity index (χ4n) is 5.38. The van der Waals surface area contributed by atoms with Crippen LogP contribution in [-0.2, 0) is 18.3 Å². The van der Waals surface area contributed by atoms with Gasteiger partial charge < -0.3 is 24.9 Å². The largest absolute Gasteiger partial charge is 0.478 e. The van der Waals surface area contributed by atoms with Crippen molar-refractivity contribution in [1.82, 2.24) is 19.7 Å². The number of halogens is 1. The fourth-order valence-corrected chi connectivity index (χ4v) is 5.38. The molecule has 1 aliphatic heterocycles. The van der Waals surface area contributed by atoms with Gasteiger partial charge in [-0.1, -0.05) is 0 Å². The number of rotatable bonds is 8. The van der Waals surface area contributed by atoms with E-state index in [9.17, 15) is 29.2 Å². The number of aryl methyl sites for hydroxylation is 1. The van der Waals surface area contributed by atoms with E-state index in [0.717, 1.165) is 18.9 Å². The number of ether oxygens (including phenoxy) is 1. The zero-order valence-electron chi connectivity index (χ0n) is 23.9. The number of nitro groups is 1. The van der Waals surface area contributed by atoms with E-state index < -0.39 is 34.4 Å². The second kappa shape index (κ2) is 11.0. The molecular weight excluding hydrogens is 547 g/mol. The number of carboxylic acids is 1. The Morgan fingerprint density at radius 2 is 1.95 bits per heavy atom. The third kappa shape index (κ3) is 6.19. The Morgan fingerprint density at radius 1 is 1.21 bits per heavy atom. The predicted molar refractivity (Wildman–Crippen MR) is 151 cm³/mol. The molecule has 0 spiro atoms. The molecule has 1 saturated heterocycles. The first-order chi connectivity index (χ1) is 19.8. The maximum atomic E-state index is 14.4. The van der Waals surface area contributed by atoms with Crippen LogP contribution in [0.1, 0.15) is 74.1 Å². The van der Waals surface area contributed by atoms with Crippen molar-refractivity contribution in [2.45, 2.75) is 70.7 Å². The molecule has 12 nitrogen and oxygen atoms in total. The average Bonchev–Trinajstić information content (AvgIpc) is 3.49. The summed E-state index contributed by atoms with van der Waals surface area (Å²) in [6.45, 7) is 6.05. The van der Waals surface area contributed by atoms with E-state index in [4.69, 9.17) is 4.74 Å². The van der Waals surface area contributed by atoms with Crippen LogP contribution in [0, 0.1) is 15.9 Å². The van der Waals surface area contributed by atoms with Crippen molar-refractivity contribution in [3.63, 3.8) is 0 Å². The second-order valence-electron chi connectivity index (χ2n) is 11.8. The van der Waals surface area contributed by atoms with Gasteiger partial charge in [0.25, 0.3) is 0 Å². The standard InChI is InChI=1S/C29H33FN6O6/c1-29(2,3)42-28(39)35(21-7-8-21)16-23-22(15-33(4)32-23)19-13-25(26(31-14-19)36(40)41)34-9-5-6-24(34)17-10-18(27(37)38)12-20(30)11-17/h10-15,21,24H,5-9,16H2,1-4H3,(H,37,38)/t24-/m1/s1. The maximum Gasteiger partial charge on any atom is 0.410 e. The first-order valence-electron chi connectivity index (χ1n) is 13.8. The summed E-state index contributed by atoms with van der Waals surface area (Å²) < 4.78 is 21.6. The van der Waals surface area contributed by atoms with Crippen molar-refractivity contribution in [3.8, 4) is 11.1 Å². The quantitative estimate of drug-likeness (QED) is 0.271. The van der Waals surface area contributed by atoms with Gasteiger partial charge in [-0.05, 0) is 86.2 Å². The van der Waals surface area contributed by atoms with E-state index >= 15 is 0 Å². The lowest BCUT2D eigenvalue weighted by molar-refractivity contribution is -0.388. The number of aromatic carboxylic acids is 1. The number of pyridine rings is 1. The molecular formula is C29H33FN6O6. The molecule has 2 fully saturated rings. The highest BCUT2D eigenvalue weighted by Gasteiger charge is 2.37. The first kappa shape index (κ1) is 29.0. The highest BCUT2D eigenvalue weighted by molar-refractivity contribution is 5.88. The number of amides is 1. The second-order valence-corrected chi connectivity index (χ2v) is 11.8. The highest BCUT2D eigenvalue weighted by atomic mass is 19.1. The van der Waals surface area contributed by atoms with E-state index in [1.165, 1.54) is 18.3 Å². The predicted octanol–water partition coefficient (Wildman–Crippen LogP) is 5.47. The lowest BCUT2D eigenvalue weighted by atomic mass is 10.0. The summed E-state index contributed by atoms with van der Waals surface area (Å²) in [6, 6.07) is 4.84. The van der Waals surface area contributed by atoms with Crippen LogP contribution in [0.3, 0.4) is 0 Å². The van der Waals surface area contributed by atoms with Gasteiger partial charge >= 0.3 is 17.9 Å². The summed E-state index contributed by atoms with van der Waals surface area (Å²) in [6.07, 6.45) is 5.70. The minimum atomic E-state index is -1.26. The van der Waals surface area contributed by atoms with Crippen molar-refractivity contribution in [2.24, 2.45) is 7.05 Å². The highest BCUT2D eigenvalue weighted by Crippen LogP contribution is 2.42. The Morgan fingerprint density at radius 3 is 2.60 bits per heavy atom. The first-order valence-corrected chi connectivity index (χ1v) is 13.8. The van der Waals surface area contributed by atoms with Gasteiger partial charge in [-0.3, -0.25) is 9.58 Å². The van der Waals surface area contributed by atoms with Gasteiger partial charge in [0, 0.05) is 37.0 Å². The van der Waals surface area contributed by atoms with Crippen molar-refractivity contribution in [2.75, 3.05) is 11.4 Å².